The highest BCUT2D eigenvalue weighted by Crippen LogP contribution is 2.27. The molecule has 2 rings (SSSR count). The molecule has 19 heavy (non-hydrogen) atoms. The lowest BCUT2D eigenvalue weighted by Gasteiger charge is -2.24. The fraction of sp³-hybridized carbons (Fsp3) is 0.538. The van der Waals surface area contributed by atoms with E-state index in [2.05, 4.69) is 0 Å². The number of ether oxygens (including phenoxy) is 1. The third-order valence-electron chi connectivity index (χ3n) is 3.48. The molecule has 1 atom stereocenters. The lowest BCUT2D eigenvalue weighted by molar-refractivity contribution is 0.181. The molecule has 1 fully saturated rings. The molecule has 1 saturated heterocycles. The molecule has 1 aromatic carbocycles. The average Bonchev–Trinajstić information content (AvgIpc) is 2.78. The van der Waals surface area contributed by atoms with Crippen molar-refractivity contribution in [3.63, 3.8) is 0 Å². The third-order valence-corrected chi connectivity index (χ3v) is 5.70. The molecule has 1 unspecified atom stereocenters. The van der Waals surface area contributed by atoms with E-state index in [4.69, 9.17) is 4.74 Å². The largest absolute Gasteiger partial charge is 0.380 e. The normalized spacial score (nSPS) is 20.2. The Morgan fingerprint density at radius 2 is 1.89 bits per heavy atom. The second-order valence-corrected chi connectivity index (χ2v) is 6.84. The molecule has 0 bridgehead atoms. The first-order valence-corrected chi connectivity index (χ1v) is 7.60. The number of nitrogens with zero attached hydrogens (tertiary/aromatic N) is 1. The van der Waals surface area contributed by atoms with Gasteiger partial charge in [0.15, 0.2) is 0 Å². The van der Waals surface area contributed by atoms with Gasteiger partial charge in [0.05, 0.1) is 17.5 Å². The van der Waals surface area contributed by atoms with E-state index in [1.54, 1.807) is 20.9 Å². The number of hydrogen-bond acceptors (Lipinski definition) is 3. The van der Waals surface area contributed by atoms with Gasteiger partial charge in [0.1, 0.15) is 5.82 Å². The molecule has 1 heterocycles. The summed E-state index contributed by atoms with van der Waals surface area (Å²) in [5.74, 6) is -0.416. The first kappa shape index (κ1) is 14.4. The van der Waals surface area contributed by atoms with E-state index in [9.17, 15) is 12.8 Å². The highest BCUT2D eigenvalue weighted by Gasteiger charge is 2.32. The quantitative estimate of drug-likeness (QED) is 0.852. The van der Waals surface area contributed by atoms with E-state index < -0.39 is 15.8 Å². The van der Waals surface area contributed by atoms with Crippen LogP contribution in [-0.4, -0.2) is 39.0 Å². The summed E-state index contributed by atoms with van der Waals surface area (Å²) in [6.07, 6.45) is 0.690. The standard InChI is InChI=1S/C13H18FNO3S/c1-9-6-11(14)7-10(2)13(9)19(16,17)15(3)12-4-5-18-8-12/h6-7,12H,4-5,8H2,1-3H3. The molecular formula is C13H18FNO3S. The molecule has 0 saturated carbocycles. The molecule has 106 valence electrons. The third kappa shape index (κ3) is 2.66. The Labute approximate surface area is 113 Å². The molecule has 0 aliphatic carbocycles. The molecule has 0 aromatic heterocycles. The Balaban J connectivity index is 2.44. The van der Waals surface area contributed by atoms with Crippen LogP contribution in [0.1, 0.15) is 17.5 Å². The van der Waals surface area contributed by atoms with E-state index >= 15 is 0 Å². The zero-order chi connectivity index (χ0) is 14.2. The Bertz CT molecular complexity index is 557. The van der Waals surface area contributed by atoms with Crippen molar-refractivity contribution < 1.29 is 17.5 Å². The average molecular weight is 287 g/mol. The zero-order valence-corrected chi connectivity index (χ0v) is 12.1. The van der Waals surface area contributed by atoms with Gasteiger partial charge in [0.25, 0.3) is 0 Å². The van der Waals surface area contributed by atoms with E-state index in [1.807, 2.05) is 0 Å². The number of halogens is 1. The first-order valence-electron chi connectivity index (χ1n) is 6.16. The summed E-state index contributed by atoms with van der Waals surface area (Å²) in [6.45, 7) is 4.21. The van der Waals surface area contributed by atoms with Crippen molar-refractivity contribution in [2.45, 2.75) is 31.2 Å². The van der Waals surface area contributed by atoms with Gasteiger partial charge in [-0.15, -0.1) is 0 Å². The number of aryl methyl sites for hydroxylation is 2. The summed E-state index contributed by atoms with van der Waals surface area (Å²) in [5.41, 5.74) is 0.867. The highest BCUT2D eigenvalue weighted by atomic mass is 32.2. The minimum absolute atomic E-state index is 0.145. The van der Waals surface area contributed by atoms with Crippen molar-refractivity contribution >= 4 is 10.0 Å². The summed E-state index contributed by atoms with van der Waals surface area (Å²) in [5, 5.41) is 0. The lowest BCUT2D eigenvalue weighted by atomic mass is 10.1. The fourth-order valence-corrected chi connectivity index (χ4v) is 4.23. The minimum Gasteiger partial charge on any atom is -0.380 e. The predicted molar refractivity (Wildman–Crippen MR) is 70.0 cm³/mol. The van der Waals surface area contributed by atoms with Gasteiger partial charge in [-0.2, -0.15) is 4.31 Å². The first-order chi connectivity index (χ1) is 8.84. The van der Waals surface area contributed by atoms with Crippen molar-refractivity contribution in [3.05, 3.63) is 29.1 Å². The molecule has 0 radical (unpaired) electrons. The Hall–Kier alpha value is -0.980. The number of benzene rings is 1. The topological polar surface area (TPSA) is 46.6 Å². The summed E-state index contributed by atoms with van der Waals surface area (Å²) >= 11 is 0. The zero-order valence-electron chi connectivity index (χ0n) is 11.3. The van der Waals surface area contributed by atoms with Crippen LogP contribution in [0.15, 0.2) is 17.0 Å². The van der Waals surface area contributed by atoms with Gasteiger partial charge < -0.3 is 4.74 Å². The molecule has 0 N–H and O–H groups in total. The number of sulfonamides is 1. The minimum atomic E-state index is -3.61. The number of likely N-dealkylation sites (N-methyl/N-ethyl adjacent to an activating group) is 1. The van der Waals surface area contributed by atoms with Crippen LogP contribution in [0.25, 0.3) is 0 Å². The van der Waals surface area contributed by atoms with Crippen LogP contribution >= 0.6 is 0 Å². The lowest BCUT2D eigenvalue weighted by Crippen LogP contribution is -2.38. The van der Waals surface area contributed by atoms with Crippen molar-refractivity contribution in [2.24, 2.45) is 0 Å². The van der Waals surface area contributed by atoms with Crippen LogP contribution in [-0.2, 0) is 14.8 Å². The van der Waals surface area contributed by atoms with Crippen LogP contribution in [0.5, 0.6) is 0 Å². The van der Waals surface area contributed by atoms with Crippen molar-refractivity contribution in [1.29, 1.82) is 0 Å². The number of hydrogen-bond donors (Lipinski definition) is 0. The molecule has 0 spiro atoms. The van der Waals surface area contributed by atoms with Gasteiger partial charge in [-0.25, -0.2) is 12.8 Å². The van der Waals surface area contributed by atoms with Crippen LogP contribution in [0.2, 0.25) is 0 Å². The van der Waals surface area contributed by atoms with Gasteiger partial charge >= 0.3 is 0 Å². The van der Waals surface area contributed by atoms with Gasteiger partial charge in [-0.1, -0.05) is 0 Å². The molecule has 1 aromatic rings. The van der Waals surface area contributed by atoms with E-state index in [1.165, 1.54) is 16.4 Å². The summed E-state index contributed by atoms with van der Waals surface area (Å²) in [7, 11) is -2.06. The van der Waals surface area contributed by atoms with Gasteiger partial charge in [0, 0.05) is 13.7 Å². The van der Waals surface area contributed by atoms with Gasteiger partial charge in [0.2, 0.25) is 10.0 Å². The molecule has 0 amide bonds. The van der Waals surface area contributed by atoms with Crippen molar-refractivity contribution in [1.82, 2.24) is 4.31 Å². The number of rotatable bonds is 3. The summed E-state index contributed by atoms with van der Waals surface area (Å²) in [6, 6.07) is 2.35. The van der Waals surface area contributed by atoms with E-state index in [0.29, 0.717) is 30.8 Å². The molecular weight excluding hydrogens is 269 g/mol. The molecule has 1 aliphatic heterocycles. The van der Waals surface area contributed by atoms with Crippen LogP contribution in [0.4, 0.5) is 4.39 Å². The van der Waals surface area contributed by atoms with Crippen molar-refractivity contribution in [3.8, 4) is 0 Å². The van der Waals surface area contributed by atoms with Crippen molar-refractivity contribution in [2.75, 3.05) is 20.3 Å². The Morgan fingerprint density at radius 1 is 1.32 bits per heavy atom. The van der Waals surface area contributed by atoms with Crippen LogP contribution in [0.3, 0.4) is 0 Å². The predicted octanol–water partition coefficient (Wildman–Crippen LogP) is 1.85. The van der Waals surface area contributed by atoms with Gasteiger partial charge in [-0.3, -0.25) is 0 Å². The van der Waals surface area contributed by atoms with Crippen LogP contribution < -0.4 is 0 Å². The fourth-order valence-electron chi connectivity index (χ4n) is 2.45. The highest BCUT2D eigenvalue weighted by molar-refractivity contribution is 7.89. The monoisotopic (exact) mass is 287 g/mol. The van der Waals surface area contributed by atoms with E-state index in [0.717, 1.165) is 0 Å². The molecule has 6 heteroatoms. The van der Waals surface area contributed by atoms with Gasteiger partial charge in [-0.05, 0) is 43.5 Å². The SMILES string of the molecule is Cc1cc(F)cc(C)c1S(=O)(=O)N(C)C1CCOC1. The maximum atomic E-state index is 13.3. The second-order valence-electron chi connectivity index (χ2n) is 4.91. The molecule has 1 aliphatic rings. The van der Waals surface area contributed by atoms with E-state index in [-0.39, 0.29) is 10.9 Å². The second kappa shape index (κ2) is 5.19. The van der Waals surface area contributed by atoms with Crippen LogP contribution in [0, 0.1) is 19.7 Å². The summed E-state index contributed by atoms with van der Waals surface area (Å²) in [4.78, 5) is 0.198. The summed E-state index contributed by atoms with van der Waals surface area (Å²) < 4.78 is 45.1. The smallest absolute Gasteiger partial charge is 0.243 e. The Kier molecular flexibility index (Phi) is 3.94. The Morgan fingerprint density at radius 3 is 2.37 bits per heavy atom. The molecule has 4 nitrogen and oxygen atoms in total. The maximum Gasteiger partial charge on any atom is 0.243 e. The maximum absolute atomic E-state index is 13.3.